The Labute approximate surface area is 126 Å². The summed E-state index contributed by atoms with van der Waals surface area (Å²) in [5, 5.41) is 2.92. The largest absolute Gasteiger partial charge is 0.356 e. The third-order valence-corrected chi connectivity index (χ3v) is 3.93. The minimum atomic E-state index is -0.176. The van der Waals surface area contributed by atoms with Crippen molar-refractivity contribution in [1.82, 2.24) is 10.2 Å². The zero-order chi connectivity index (χ0) is 15.1. The molecule has 0 spiro atoms. The van der Waals surface area contributed by atoms with Gasteiger partial charge in [-0.2, -0.15) is 0 Å². The van der Waals surface area contributed by atoms with Gasteiger partial charge in [0, 0.05) is 26.1 Å². The Hall–Kier alpha value is -1.84. The number of benzene rings is 1. The average molecular weight is 288 g/mol. The van der Waals surface area contributed by atoms with Crippen LogP contribution in [-0.2, 0) is 16.0 Å². The SMILES string of the molecule is CCCCNC(=O)[C@@H]1CC(=O)N(CCc2ccccc2)C1. The molecule has 1 aromatic rings. The predicted molar refractivity (Wildman–Crippen MR) is 82.8 cm³/mol. The summed E-state index contributed by atoms with van der Waals surface area (Å²) >= 11 is 0. The lowest BCUT2D eigenvalue weighted by Crippen LogP contribution is -2.34. The molecule has 0 radical (unpaired) electrons. The highest BCUT2D eigenvalue weighted by Crippen LogP contribution is 2.18. The molecule has 0 aromatic heterocycles. The lowest BCUT2D eigenvalue weighted by molar-refractivity contribution is -0.129. The third-order valence-electron chi connectivity index (χ3n) is 3.93. The molecule has 1 atom stereocenters. The molecule has 1 aliphatic rings. The zero-order valence-corrected chi connectivity index (χ0v) is 12.7. The Balaban J connectivity index is 1.78. The molecular weight excluding hydrogens is 264 g/mol. The van der Waals surface area contributed by atoms with E-state index in [1.54, 1.807) is 0 Å². The third kappa shape index (κ3) is 4.59. The van der Waals surface area contributed by atoms with Crippen molar-refractivity contribution in [3.05, 3.63) is 35.9 Å². The summed E-state index contributed by atoms with van der Waals surface area (Å²) in [5.74, 6) is -0.0503. The first kappa shape index (κ1) is 15.5. The van der Waals surface area contributed by atoms with Crippen molar-refractivity contribution in [3.63, 3.8) is 0 Å². The normalized spacial score (nSPS) is 18.0. The topological polar surface area (TPSA) is 49.4 Å². The second-order valence-corrected chi connectivity index (χ2v) is 5.62. The van der Waals surface area contributed by atoms with Crippen LogP contribution in [0.15, 0.2) is 30.3 Å². The summed E-state index contributed by atoms with van der Waals surface area (Å²) in [7, 11) is 0. The van der Waals surface area contributed by atoms with E-state index in [1.807, 2.05) is 23.1 Å². The van der Waals surface area contributed by atoms with Gasteiger partial charge >= 0.3 is 0 Å². The summed E-state index contributed by atoms with van der Waals surface area (Å²) in [5.41, 5.74) is 1.22. The predicted octanol–water partition coefficient (Wildman–Crippen LogP) is 1.99. The minimum Gasteiger partial charge on any atom is -0.356 e. The molecule has 2 rings (SSSR count). The summed E-state index contributed by atoms with van der Waals surface area (Å²) in [6.45, 7) is 4.06. The van der Waals surface area contributed by atoms with Gasteiger partial charge < -0.3 is 10.2 Å². The fourth-order valence-corrected chi connectivity index (χ4v) is 2.61. The molecule has 4 heteroatoms. The summed E-state index contributed by atoms with van der Waals surface area (Å²) in [4.78, 5) is 25.8. The number of nitrogens with one attached hydrogen (secondary N) is 1. The van der Waals surface area contributed by atoms with Crippen LogP contribution in [0.2, 0.25) is 0 Å². The van der Waals surface area contributed by atoms with Crippen LogP contribution in [0.5, 0.6) is 0 Å². The number of likely N-dealkylation sites (tertiary alicyclic amines) is 1. The molecule has 1 aromatic carbocycles. The molecule has 4 nitrogen and oxygen atoms in total. The van der Waals surface area contributed by atoms with E-state index in [2.05, 4.69) is 24.4 Å². The molecular formula is C17H24N2O2. The molecule has 1 saturated heterocycles. The van der Waals surface area contributed by atoms with Crippen LogP contribution >= 0.6 is 0 Å². The first-order valence-corrected chi connectivity index (χ1v) is 7.80. The lowest BCUT2D eigenvalue weighted by atomic mass is 10.1. The highest BCUT2D eigenvalue weighted by molar-refractivity contribution is 5.89. The van der Waals surface area contributed by atoms with E-state index < -0.39 is 0 Å². The monoisotopic (exact) mass is 288 g/mol. The van der Waals surface area contributed by atoms with Gasteiger partial charge in [0.15, 0.2) is 0 Å². The average Bonchev–Trinajstić information content (AvgIpc) is 2.88. The fourth-order valence-electron chi connectivity index (χ4n) is 2.61. The fraction of sp³-hybridized carbons (Fsp3) is 0.529. The van der Waals surface area contributed by atoms with Crippen LogP contribution < -0.4 is 5.32 Å². The van der Waals surface area contributed by atoms with E-state index in [9.17, 15) is 9.59 Å². The van der Waals surface area contributed by atoms with Crippen LogP contribution in [0.1, 0.15) is 31.7 Å². The second kappa shape index (κ2) is 7.81. The lowest BCUT2D eigenvalue weighted by Gasteiger charge is -2.16. The van der Waals surface area contributed by atoms with E-state index in [1.165, 1.54) is 5.56 Å². The van der Waals surface area contributed by atoms with E-state index >= 15 is 0 Å². The Morgan fingerprint density at radius 3 is 2.81 bits per heavy atom. The van der Waals surface area contributed by atoms with Gasteiger partial charge in [0.1, 0.15) is 0 Å². The van der Waals surface area contributed by atoms with Crippen molar-refractivity contribution < 1.29 is 9.59 Å². The Morgan fingerprint density at radius 1 is 1.33 bits per heavy atom. The van der Waals surface area contributed by atoms with Gasteiger partial charge in [0.2, 0.25) is 11.8 Å². The molecule has 0 bridgehead atoms. The molecule has 0 unspecified atom stereocenters. The second-order valence-electron chi connectivity index (χ2n) is 5.62. The standard InChI is InChI=1S/C17H24N2O2/c1-2-3-10-18-17(21)15-12-16(20)19(13-15)11-9-14-7-5-4-6-8-14/h4-8,15H,2-3,9-13H2,1H3,(H,18,21)/t15-/m1/s1. The minimum absolute atomic E-state index is 0.0269. The highest BCUT2D eigenvalue weighted by Gasteiger charge is 2.33. The van der Waals surface area contributed by atoms with Crippen LogP contribution in [0.3, 0.4) is 0 Å². The number of nitrogens with zero attached hydrogens (tertiary/aromatic N) is 1. The summed E-state index contributed by atoms with van der Waals surface area (Å²) in [6.07, 6.45) is 3.25. The maximum atomic E-state index is 12.0. The summed E-state index contributed by atoms with van der Waals surface area (Å²) < 4.78 is 0. The number of carbonyl (C=O) groups excluding carboxylic acids is 2. The van der Waals surface area contributed by atoms with Gasteiger partial charge in [-0.3, -0.25) is 9.59 Å². The van der Waals surface area contributed by atoms with Crippen LogP contribution in [0.25, 0.3) is 0 Å². The molecule has 0 aliphatic carbocycles. The van der Waals surface area contributed by atoms with Crippen molar-refractivity contribution >= 4 is 11.8 Å². The smallest absolute Gasteiger partial charge is 0.225 e. The molecule has 21 heavy (non-hydrogen) atoms. The number of carbonyl (C=O) groups is 2. The number of amides is 2. The van der Waals surface area contributed by atoms with Gasteiger partial charge in [-0.05, 0) is 18.4 Å². The maximum Gasteiger partial charge on any atom is 0.225 e. The number of unbranched alkanes of at least 4 members (excludes halogenated alkanes) is 1. The Kier molecular flexibility index (Phi) is 5.78. The van der Waals surface area contributed by atoms with E-state index in [0.29, 0.717) is 26.1 Å². The van der Waals surface area contributed by atoms with Gasteiger partial charge in [0.05, 0.1) is 5.92 Å². The van der Waals surface area contributed by atoms with Crippen molar-refractivity contribution in [2.24, 2.45) is 5.92 Å². The highest BCUT2D eigenvalue weighted by atomic mass is 16.2. The molecule has 2 amide bonds. The van der Waals surface area contributed by atoms with Crippen molar-refractivity contribution in [2.75, 3.05) is 19.6 Å². The molecule has 0 saturated carbocycles. The molecule has 1 fully saturated rings. The Bertz CT molecular complexity index is 473. The number of hydrogen-bond donors (Lipinski definition) is 1. The van der Waals surface area contributed by atoms with Crippen molar-refractivity contribution in [1.29, 1.82) is 0 Å². The first-order chi connectivity index (χ1) is 10.2. The van der Waals surface area contributed by atoms with Crippen molar-refractivity contribution in [2.45, 2.75) is 32.6 Å². The van der Waals surface area contributed by atoms with Crippen LogP contribution in [0.4, 0.5) is 0 Å². The van der Waals surface area contributed by atoms with Gasteiger partial charge in [-0.1, -0.05) is 43.7 Å². The number of rotatable bonds is 7. The number of hydrogen-bond acceptors (Lipinski definition) is 2. The van der Waals surface area contributed by atoms with Gasteiger partial charge in [0.25, 0.3) is 0 Å². The van der Waals surface area contributed by atoms with E-state index in [4.69, 9.17) is 0 Å². The van der Waals surface area contributed by atoms with Crippen LogP contribution in [-0.4, -0.2) is 36.3 Å². The van der Waals surface area contributed by atoms with Crippen LogP contribution in [0, 0.1) is 5.92 Å². The van der Waals surface area contributed by atoms with Gasteiger partial charge in [-0.15, -0.1) is 0 Å². The quantitative estimate of drug-likeness (QED) is 0.780. The summed E-state index contributed by atoms with van der Waals surface area (Å²) in [6, 6.07) is 10.1. The Morgan fingerprint density at radius 2 is 2.10 bits per heavy atom. The maximum absolute atomic E-state index is 12.0. The zero-order valence-electron chi connectivity index (χ0n) is 12.7. The van der Waals surface area contributed by atoms with Gasteiger partial charge in [-0.25, -0.2) is 0 Å². The molecule has 114 valence electrons. The molecule has 1 N–H and O–H groups in total. The van der Waals surface area contributed by atoms with Crippen molar-refractivity contribution in [3.8, 4) is 0 Å². The van der Waals surface area contributed by atoms with E-state index in [0.717, 1.165) is 19.3 Å². The molecule has 1 aliphatic heterocycles. The van der Waals surface area contributed by atoms with E-state index in [-0.39, 0.29) is 17.7 Å². The first-order valence-electron chi connectivity index (χ1n) is 7.80. The molecule has 1 heterocycles.